The van der Waals surface area contributed by atoms with Crippen LogP contribution in [0.1, 0.15) is 20.3 Å². The van der Waals surface area contributed by atoms with Crippen molar-refractivity contribution in [2.75, 3.05) is 18.5 Å². The number of rotatable bonds is 6. The van der Waals surface area contributed by atoms with Crippen LogP contribution in [0, 0.1) is 0 Å². The maximum Gasteiger partial charge on any atom is 0.245 e. The summed E-state index contributed by atoms with van der Waals surface area (Å²) in [5, 5.41) is 0. The second-order valence-corrected chi connectivity index (χ2v) is 5.54. The Morgan fingerprint density at radius 2 is 1.94 bits per heavy atom. The predicted octanol–water partition coefficient (Wildman–Crippen LogP) is 1.39. The summed E-state index contributed by atoms with van der Waals surface area (Å²) in [4.78, 5) is 0.220. The van der Waals surface area contributed by atoms with Gasteiger partial charge in [-0.05, 0) is 18.6 Å². The minimum absolute atomic E-state index is 0.220. The zero-order chi connectivity index (χ0) is 12.9. The highest BCUT2D eigenvalue weighted by atomic mass is 32.2. The number of hydrogen-bond acceptors (Lipinski definition) is 4. The Hall–Kier alpha value is -1.11. The molecule has 0 aromatic heterocycles. The Balaban J connectivity index is 3.20. The van der Waals surface area contributed by atoms with Crippen LogP contribution < -0.4 is 11.3 Å². The average molecular weight is 257 g/mol. The lowest BCUT2D eigenvalue weighted by molar-refractivity contribution is 0.427. The van der Waals surface area contributed by atoms with Gasteiger partial charge in [-0.2, -0.15) is 4.31 Å². The molecule has 0 spiro atoms. The van der Waals surface area contributed by atoms with E-state index in [0.717, 1.165) is 6.42 Å². The monoisotopic (exact) mass is 257 g/mol. The fraction of sp³-hybridized carbons (Fsp3) is 0.455. The van der Waals surface area contributed by atoms with Crippen molar-refractivity contribution in [2.24, 2.45) is 5.84 Å². The largest absolute Gasteiger partial charge is 0.323 e. The Labute approximate surface area is 103 Å². The van der Waals surface area contributed by atoms with Gasteiger partial charge >= 0.3 is 0 Å². The predicted molar refractivity (Wildman–Crippen MR) is 69.0 cm³/mol. The first-order valence-corrected chi connectivity index (χ1v) is 7.07. The first kappa shape index (κ1) is 14.0. The van der Waals surface area contributed by atoms with E-state index in [9.17, 15) is 8.42 Å². The van der Waals surface area contributed by atoms with Gasteiger partial charge in [0.1, 0.15) is 4.90 Å². The molecule has 5 nitrogen and oxygen atoms in total. The average Bonchev–Trinajstić information content (AvgIpc) is 2.35. The Morgan fingerprint density at radius 3 is 2.47 bits per heavy atom. The van der Waals surface area contributed by atoms with Crippen LogP contribution in [0.25, 0.3) is 0 Å². The Morgan fingerprint density at radius 1 is 1.29 bits per heavy atom. The minimum Gasteiger partial charge on any atom is -0.323 e. The molecular weight excluding hydrogens is 238 g/mol. The lowest BCUT2D eigenvalue weighted by atomic mass is 10.3. The lowest BCUT2D eigenvalue weighted by Gasteiger charge is -2.21. The molecule has 0 bridgehead atoms. The number of nitrogens with two attached hydrogens (primary N) is 1. The van der Waals surface area contributed by atoms with Gasteiger partial charge in [0, 0.05) is 13.1 Å². The summed E-state index contributed by atoms with van der Waals surface area (Å²) in [5.41, 5.74) is 2.84. The molecule has 0 atom stereocenters. The molecule has 3 N–H and O–H groups in total. The van der Waals surface area contributed by atoms with E-state index < -0.39 is 10.0 Å². The second-order valence-electron chi connectivity index (χ2n) is 3.64. The van der Waals surface area contributed by atoms with Gasteiger partial charge in [-0.15, -0.1) is 0 Å². The summed E-state index contributed by atoms with van der Waals surface area (Å²) in [6.07, 6.45) is 0.783. The lowest BCUT2D eigenvalue weighted by Crippen LogP contribution is -2.32. The highest BCUT2D eigenvalue weighted by Crippen LogP contribution is 2.23. The number of hydrazine groups is 1. The van der Waals surface area contributed by atoms with Crippen molar-refractivity contribution < 1.29 is 8.42 Å². The minimum atomic E-state index is -3.47. The van der Waals surface area contributed by atoms with Gasteiger partial charge in [0.2, 0.25) is 10.0 Å². The Bertz CT molecular complexity index is 460. The van der Waals surface area contributed by atoms with Crippen LogP contribution in [-0.2, 0) is 10.0 Å². The van der Waals surface area contributed by atoms with Crippen molar-refractivity contribution in [1.29, 1.82) is 0 Å². The SMILES string of the molecule is CCCN(CC)S(=O)(=O)c1ccccc1NN. The van der Waals surface area contributed by atoms with E-state index in [0.29, 0.717) is 18.8 Å². The molecule has 0 aliphatic carbocycles. The van der Waals surface area contributed by atoms with Crippen LogP contribution >= 0.6 is 0 Å². The summed E-state index contributed by atoms with van der Waals surface area (Å²) in [6.45, 7) is 4.74. The van der Waals surface area contributed by atoms with Crippen LogP contribution in [0.3, 0.4) is 0 Å². The van der Waals surface area contributed by atoms with Crippen LogP contribution in [0.4, 0.5) is 5.69 Å². The van der Waals surface area contributed by atoms with Gasteiger partial charge in [0.05, 0.1) is 5.69 Å². The molecular formula is C11H19N3O2S. The van der Waals surface area contributed by atoms with Gasteiger partial charge in [-0.25, -0.2) is 8.42 Å². The summed E-state index contributed by atoms with van der Waals surface area (Å²) in [5.74, 6) is 5.33. The number of hydrogen-bond donors (Lipinski definition) is 2. The molecule has 6 heteroatoms. The fourth-order valence-corrected chi connectivity index (χ4v) is 3.34. The van der Waals surface area contributed by atoms with E-state index in [1.54, 1.807) is 24.3 Å². The standard InChI is InChI=1S/C11H19N3O2S/c1-3-9-14(4-2)17(15,16)11-8-6-5-7-10(11)13-12/h5-8,13H,3-4,9,12H2,1-2H3. The second kappa shape index (κ2) is 6.00. The molecule has 96 valence electrons. The van der Waals surface area contributed by atoms with Gasteiger partial charge in [-0.1, -0.05) is 26.0 Å². The van der Waals surface area contributed by atoms with E-state index in [1.807, 2.05) is 13.8 Å². The number of nitrogens with one attached hydrogen (secondary N) is 1. The van der Waals surface area contributed by atoms with E-state index in [-0.39, 0.29) is 4.90 Å². The zero-order valence-electron chi connectivity index (χ0n) is 10.2. The smallest absolute Gasteiger partial charge is 0.245 e. The molecule has 0 fully saturated rings. The zero-order valence-corrected chi connectivity index (χ0v) is 11.0. The summed E-state index contributed by atoms with van der Waals surface area (Å²) in [7, 11) is -3.47. The van der Waals surface area contributed by atoms with Crippen LogP contribution in [0.2, 0.25) is 0 Å². The van der Waals surface area contributed by atoms with E-state index >= 15 is 0 Å². The highest BCUT2D eigenvalue weighted by molar-refractivity contribution is 7.89. The summed E-state index contributed by atoms with van der Waals surface area (Å²) >= 11 is 0. The number of benzene rings is 1. The maximum atomic E-state index is 12.4. The topological polar surface area (TPSA) is 75.4 Å². The van der Waals surface area contributed by atoms with Crippen LogP contribution in [-0.4, -0.2) is 25.8 Å². The molecule has 1 aromatic carbocycles. The molecule has 0 aliphatic heterocycles. The van der Waals surface area contributed by atoms with Crippen molar-refractivity contribution in [2.45, 2.75) is 25.2 Å². The summed E-state index contributed by atoms with van der Waals surface area (Å²) in [6, 6.07) is 6.63. The fourth-order valence-electron chi connectivity index (χ4n) is 1.65. The summed E-state index contributed by atoms with van der Waals surface area (Å²) < 4.78 is 26.2. The van der Waals surface area contributed by atoms with Gasteiger partial charge < -0.3 is 5.43 Å². The normalized spacial score (nSPS) is 11.8. The molecule has 1 aromatic rings. The maximum absolute atomic E-state index is 12.4. The molecule has 17 heavy (non-hydrogen) atoms. The third-order valence-electron chi connectivity index (χ3n) is 2.49. The number of para-hydroxylation sites is 1. The molecule has 0 aliphatic rings. The van der Waals surface area contributed by atoms with E-state index in [4.69, 9.17) is 5.84 Å². The first-order valence-electron chi connectivity index (χ1n) is 5.63. The highest BCUT2D eigenvalue weighted by Gasteiger charge is 2.24. The van der Waals surface area contributed by atoms with Crippen molar-refractivity contribution in [1.82, 2.24) is 4.31 Å². The molecule has 0 saturated heterocycles. The number of nitrogens with zero attached hydrogens (tertiary/aromatic N) is 1. The molecule has 0 saturated carbocycles. The molecule has 0 unspecified atom stereocenters. The molecule has 0 heterocycles. The van der Waals surface area contributed by atoms with Gasteiger partial charge in [0.15, 0.2) is 0 Å². The van der Waals surface area contributed by atoms with Gasteiger partial charge in [0.25, 0.3) is 0 Å². The number of sulfonamides is 1. The number of anilines is 1. The van der Waals surface area contributed by atoms with E-state index in [2.05, 4.69) is 5.43 Å². The first-order chi connectivity index (χ1) is 8.07. The van der Waals surface area contributed by atoms with Crippen molar-refractivity contribution in [3.63, 3.8) is 0 Å². The van der Waals surface area contributed by atoms with Crippen molar-refractivity contribution in [3.05, 3.63) is 24.3 Å². The van der Waals surface area contributed by atoms with Crippen molar-refractivity contribution in [3.8, 4) is 0 Å². The third kappa shape index (κ3) is 2.96. The molecule has 0 amide bonds. The molecule has 0 radical (unpaired) electrons. The van der Waals surface area contributed by atoms with E-state index in [1.165, 1.54) is 4.31 Å². The Kier molecular flexibility index (Phi) is 4.92. The van der Waals surface area contributed by atoms with Crippen LogP contribution in [0.15, 0.2) is 29.2 Å². The van der Waals surface area contributed by atoms with Crippen molar-refractivity contribution >= 4 is 15.7 Å². The quantitative estimate of drug-likeness (QED) is 0.596. The third-order valence-corrected chi connectivity index (χ3v) is 4.52. The molecule has 1 rings (SSSR count). The van der Waals surface area contributed by atoms with Crippen LogP contribution in [0.5, 0.6) is 0 Å². The number of nitrogen functional groups attached to an aromatic ring is 1. The van der Waals surface area contributed by atoms with Gasteiger partial charge in [-0.3, -0.25) is 5.84 Å².